The molecule has 0 atom stereocenters. The van der Waals surface area contributed by atoms with Crippen molar-refractivity contribution >= 4 is 34.1 Å². The average molecular weight is 419 g/mol. The molecular weight excluding hydrogens is 392 g/mol. The van der Waals surface area contributed by atoms with Gasteiger partial charge in [0.1, 0.15) is 10.8 Å². The summed E-state index contributed by atoms with van der Waals surface area (Å²) in [4.78, 5) is 37.8. The molecule has 2 N–H and O–H groups in total. The highest BCUT2D eigenvalue weighted by Gasteiger charge is 2.26. The van der Waals surface area contributed by atoms with Crippen molar-refractivity contribution in [1.29, 1.82) is 0 Å². The fourth-order valence-corrected chi connectivity index (χ4v) is 3.81. The summed E-state index contributed by atoms with van der Waals surface area (Å²) >= 11 is 1.08. The third-order valence-corrected chi connectivity index (χ3v) is 5.35. The second-order valence-electron chi connectivity index (χ2n) is 6.31. The van der Waals surface area contributed by atoms with Gasteiger partial charge in [0.25, 0.3) is 5.91 Å². The fraction of sp³-hybridized carbons (Fsp3) is 0.381. The first-order valence-corrected chi connectivity index (χ1v) is 10.2. The maximum absolute atomic E-state index is 12.5. The molecule has 2 amide bonds. The highest BCUT2D eigenvalue weighted by molar-refractivity contribution is 7.18. The minimum absolute atomic E-state index is 0.126. The van der Waals surface area contributed by atoms with Crippen LogP contribution in [0.25, 0.3) is 0 Å². The Hall–Kier alpha value is -2.87. The topological polar surface area (TPSA) is 93.7 Å². The number of benzene rings is 1. The van der Waals surface area contributed by atoms with Crippen LogP contribution >= 0.6 is 11.3 Å². The lowest BCUT2D eigenvalue weighted by Gasteiger charge is -2.07. The molecule has 1 aromatic carbocycles. The van der Waals surface area contributed by atoms with E-state index in [-0.39, 0.29) is 30.4 Å². The van der Waals surface area contributed by atoms with Crippen molar-refractivity contribution in [2.75, 3.05) is 25.6 Å². The molecule has 0 aliphatic rings. The van der Waals surface area contributed by atoms with Crippen LogP contribution in [0.5, 0.6) is 5.75 Å². The van der Waals surface area contributed by atoms with E-state index >= 15 is 0 Å². The minimum Gasteiger partial charge on any atom is -0.497 e. The summed E-state index contributed by atoms with van der Waals surface area (Å²) in [7, 11) is 1.58. The number of hydrogen-bond acceptors (Lipinski definition) is 6. The molecule has 0 spiro atoms. The van der Waals surface area contributed by atoms with Gasteiger partial charge in [-0.05, 0) is 43.5 Å². The van der Waals surface area contributed by atoms with E-state index in [4.69, 9.17) is 9.47 Å². The summed E-state index contributed by atoms with van der Waals surface area (Å²) in [5.74, 6) is -0.413. The Kier molecular flexibility index (Phi) is 8.21. The van der Waals surface area contributed by atoms with E-state index in [1.165, 1.54) is 0 Å². The molecular formula is C21H26N2O5S. The number of amides is 2. The molecule has 156 valence electrons. The highest BCUT2D eigenvalue weighted by Crippen LogP contribution is 2.34. The van der Waals surface area contributed by atoms with Gasteiger partial charge in [0, 0.05) is 6.54 Å². The van der Waals surface area contributed by atoms with E-state index in [1.54, 1.807) is 45.2 Å². The van der Waals surface area contributed by atoms with Crippen LogP contribution in [-0.2, 0) is 16.0 Å². The van der Waals surface area contributed by atoms with E-state index in [2.05, 4.69) is 10.6 Å². The lowest BCUT2D eigenvalue weighted by atomic mass is 10.1. The van der Waals surface area contributed by atoms with Gasteiger partial charge in [-0.1, -0.05) is 19.1 Å². The van der Waals surface area contributed by atoms with Crippen molar-refractivity contribution in [3.8, 4) is 5.75 Å². The second-order valence-corrected chi connectivity index (χ2v) is 7.33. The van der Waals surface area contributed by atoms with Crippen molar-refractivity contribution < 1.29 is 23.9 Å². The molecule has 0 fully saturated rings. The number of hydrogen-bond donors (Lipinski definition) is 2. The number of esters is 1. The lowest BCUT2D eigenvalue weighted by molar-refractivity contribution is -0.115. The summed E-state index contributed by atoms with van der Waals surface area (Å²) < 4.78 is 10.2. The molecule has 0 aliphatic heterocycles. The number of carbonyl (C=O) groups excluding carboxylic acids is 3. The Morgan fingerprint density at radius 3 is 2.38 bits per heavy atom. The van der Waals surface area contributed by atoms with Gasteiger partial charge < -0.3 is 20.1 Å². The van der Waals surface area contributed by atoms with Gasteiger partial charge in [-0.3, -0.25) is 9.59 Å². The molecule has 1 heterocycles. The van der Waals surface area contributed by atoms with Crippen LogP contribution in [-0.4, -0.2) is 38.0 Å². The standard InChI is InChI=1S/C21H26N2O5S/c1-5-11-22-19(25)18-13(3)17(21(26)28-6-2)20(29-18)23-16(24)12-14-7-9-15(27-4)10-8-14/h7-10H,5-6,11-12H2,1-4H3,(H,22,25)(H,23,24). The van der Waals surface area contributed by atoms with Crippen LogP contribution in [0.4, 0.5) is 5.00 Å². The summed E-state index contributed by atoms with van der Waals surface area (Å²) in [5.41, 5.74) is 1.53. The number of anilines is 1. The third kappa shape index (κ3) is 5.80. The Morgan fingerprint density at radius 1 is 1.10 bits per heavy atom. The predicted octanol–water partition coefficient (Wildman–Crippen LogP) is 3.56. The third-order valence-electron chi connectivity index (χ3n) is 4.14. The first-order chi connectivity index (χ1) is 13.9. The monoisotopic (exact) mass is 418 g/mol. The molecule has 7 nitrogen and oxygen atoms in total. The molecule has 8 heteroatoms. The number of nitrogens with one attached hydrogen (secondary N) is 2. The van der Waals surface area contributed by atoms with Crippen LogP contribution in [0, 0.1) is 6.92 Å². The number of carbonyl (C=O) groups is 3. The van der Waals surface area contributed by atoms with Crippen LogP contribution in [0.1, 0.15) is 51.4 Å². The Morgan fingerprint density at radius 2 is 1.79 bits per heavy atom. The molecule has 1 aromatic heterocycles. The molecule has 0 saturated heterocycles. The van der Waals surface area contributed by atoms with Crippen LogP contribution in [0.3, 0.4) is 0 Å². The number of ether oxygens (including phenoxy) is 2. The van der Waals surface area contributed by atoms with Crippen LogP contribution in [0.15, 0.2) is 24.3 Å². The smallest absolute Gasteiger partial charge is 0.341 e. The zero-order chi connectivity index (χ0) is 21.4. The summed E-state index contributed by atoms with van der Waals surface area (Å²) in [6.07, 6.45) is 0.924. The molecule has 0 unspecified atom stereocenters. The second kappa shape index (κ2) is 10.6. The fourth-order valence-electron chi connectivity index (χ4n) is 2.69. The van der Waals surface area contributed by atoms with Crippen molar-refractivity contribution in [2.24, 2.45) is 0 Å². The first kappa shape index (κ1) is 22.4. The zero-order valence-corrected chi connectivity index (χ0v) is 17.9. The van der Waals surface area contributed by atoms with E-state index in [9.17, 15) is 14.4 Å². The minimum atomic E-state index is -0.560. The van der Waals surface area contributed by atoms with E-state index < -0.39 is 5.97 Å². The van der Waals surface area contributed by atoms with Crippen LogP contribution in [0.2, 0.25) is 0 Å². The van der Waals surface area contributed by atoms with Gasteiger partial charge in [0.15, 0.2) is 0 Å². The molecule has 0 radical (unpaired) electrons. The maximum atomic E-state index is 12.5. The number of methoxy groups -OCH3 is 1. The summed E-state index contributed by atoms with van der Waals surface area (Å²) in [5, 5.41) is 5.89. The average Bonchev–Trinajstić information content (AvgIpc) is 3.02. The van der Waals surface area contributed by atoms with Gasteiger partial charge in [-0.25, -0.2) is 4.79 Å². The van der Waals surface area contributed by atoms with E-state index in [1.807, 2.05) is 6.92 Å². The molecule has 0 bridgehead atoms. The highest BCUT2D eigenvalue weighted by atomic mass is 32.1. The first-order valence-electron chi connectivity index (χ1n) is 9.42. The Balaban J connectivity index is 2.25. The van der Waals surface area contributed by atoms with Gasteiger partial charge in [-0.15, -0.1) is 11.3 Å². The van der Waals surface area contributed by atoms with E-state index in [0.29, 0.717) is 27.7 Å². The zero-order valence-electron chi connectivity index (χ0n) is 17.1. The van der Waals surface area contributed by atoms with Gasteiger partial charge in [0.2, 0.25) is 5.91 Å². The van der Waals surface area contributed by atoms with Gasteiger partial charge >= 0.3 is 5.97 Å². The van der Waals surface area contributed by atoms with Crippen LogP contribution < -0.4 is 15.4 Å². The molecule has 2 aromatic rings. The van der Waals surface area contributed by atoms with Gasteiger partial charge in [0.05, 0.1) is 30.6 Å². The summed E-state index contributed by atoms with van der Waals surface area (Å²) in [6, 6.07) is 7.15. The SMILES string of the molecule is CCCNC(=O)c1sc(NC(=O)Cc2ccc(OC)cc2)c(C(=O)OCC)c1C. The van der Waals surface area contributed by atoms with Crippen molar-refractivity contribution in [2.45, 2.75) is 33.6 Å². The predicted molar refractivity (Wildman–Crippen MR) is 113 cm³/mol. The van der Waals surface area contributed by atoms with Crippen molar-refractivity contribution in [3.63, 3.8) is 0 Å². The summed E-state index contributed by atoms with van der Waals surface area (Å²) in [6.45, 7) is 6.07. The van der Waals surface area contributed by atoms with Gasteiger partial charge in [-0.2, -0.15) is 0 Å². The van der Waals surface area contributed by atoms with E-state index in [0.717, 1.165) is 23.3 Å². The molecule has 29 heavy (non-hydrogen) atoms. The number of thiophene rings is 1. The van der Waals surface area contributed by atoms with Crippen molar-refractivity contribution in [3.05, 3.63) is 45.8 Å². The Labute approximate surface area is 174 Å². The molecule has 2 rings (SSSR count). The van der Waals surface area contributed by atoms with Crippen molar-refractivity contribution in [1.82, 2.24) is 5.32 Å². The molecule has 0 saturated carbocycles. The Bertz CT molecular complexity index is 874. The number of rotatable bonds is 9. The maximum Gasteiger partial charge on any atom is 0.341 e. The lowest BCUT2D eigenvalue weighted by Crippen LogP contribution is -2.23. The normalized spacial score (nSPS) is 10.3. The molecule has 0 aliphatic carbocycles. The quantitative estimate of drug-likeness (QED) is 0.607. The largest absolute Gasteiger partial charge is 0.497 e.